The second kappa shape index (κ2) is 5.69. The first kappa shape index (κ1) is 14.0. The molecule has 1 aliphatic rings. The number of nitrogens with one attached hydrogen (secondary N) is 1. The van der Waals surface area contributed by atoms with Crippen LogP contribution in [0.3, 0.4) is 0 Å². The topological polar surface area (TPSA) is 49.4 Å². The Kier molecular flexibility index (Phi) is 4.42. The molecular formula is C12H17BrN2O2S. The van der Waals surface area contributed by atoms with E-state index in [4.69, 9.17) is 0 Å². The maximum absolute atomic E-state index is 12.6. The molecule has 0 radical (unpaired) electrons. The van der Waals surface area contributed by atoms with Gasteiger partial charge in [0.1, 0.15) is 0 Å². The van der Waals surface area contributed by atoms with Gasteiger partial charge in [0.15, 0.2) is 0 Å². The van der Waals surface area contributed by atoms with Gasteiger partial charge in [-0.05, 0) is 30.7 Å². The van der Waals surface area contributed by atoms with Crippen molar-refractivity contribution >= 4 is 26.0 Å². The fourth-order valence-electron chi connectivity index (χ4n) is 1.94. The van der Waals surface area contributed by atoms with E-state index < -0.39 is 10.0 Å². The van der Waals surface area contributed by atoms with Gasteiger partial charge in [-0.3, -0.25) is 0 Å². The summed E-state index contributed by atoms with van der Waals surface area (Å²) in [5.74, 6) is 0. The van der Waals surface area contributed by atoms with Crippen LogP contribution in [0.15, 0.2) is 33.6 Å². The molecule has 1 aliphatic heterocycles. The molecular weight excluding hydrogens is 316 g/mol. The highest BCUT2D eigenvalue weighted by molar-refractivity contribution is 9.10. The summed E-state index contributed by atoms with van der Waals surface area (Å²) in [7, 11) is -3.37. The molecule has 0 amide bonds. The Morgan fingerprint density at radius 1 is 1.33 bits per heavy atom. The Balaban J connectivity index is 2.29. The second-order valence-corrected chi connectivity index (χ2v) is 7.19. The Bertz CT molecular complexity index is 497. The van der Waals surface area contributed by atoms with E-state index in [1.54, 1.807) is 28.6 Å². The van der Waals surface area contributed by atoms with Gasteiger partial charge in [0.05, 0.1) is 10.9 Å². The van der Waals surface area contributed by atoms with E-state index in [-0.39, 0.29) is 6.04 Å². The number of sulfonamides is 1. The predicted octanol–water partition coefficient (Wildman–Crippen LogP) is 1.82. The zero-order valence-electron chi connectivity index (χ0n) is 10.3. The quantitative estimate of drug-likeness (QED) is 0.894. The minimum absolute atomic E-state index is 0.0959. The number of halogens is 1. The van der Waals surface area contributed by atoms with Crippen molar-refractivity contribution in [2.45, 2.75) is 24.3 Å². The highest BCUT2D eigenvalue weighted by atomic mass is 79.9. The van der Waals surface area contributed by atoms with Crippen LogP contribution in [0, 0.1) is 0 Å². The first-order valence-corrected chi connectivity index (χ1v) is 8.27. The smallest absolute Gasteiger partial charge is 0.243 e. The van der Waals surface area contributed by atoms with Crippen LogP contribution in [-0.2, 0) is 10.0 Å². The van der Waals surface area contributed by atoms with E-state index in [2.05, 4.69) is 21.2 Å². The molecule has 1 saturated heterocycles. The number of hydrogen-bond acceptors (Lipinski definition) is 3. The molecule has 18 heavy (non-hydrogen) atoms. The van der Waals surface area contributed by atoms with Crippen molar-refractivity contribution in [2.75, 3.05) is 19.6 Å². The van der Waals surface area contributed by atoms with E-state index in [1.165, 1.54) is 0 Å². The van der Waals surface area contributed by atoms with Crippen LogP contribution in [0.5, 0.6) is 0 Å². The first-order valence-electron chi connectivity index (χ1n) is 6.04. The molecule has 2 rings (SSSR count). The number of hydrogen-bond donors (Lipinski definition) is 1. The molecule has 0 saturated carbocycles. The van der Waals surface area contributed by atoms with E-state index >= 15 is 0 Å². The van der Waals surface area contributed by atoms with Crippen LogP contribution in [0.25, 0.3) is 0 Å². The van der Waals surface area contributed by atoms with Gasteiger partial charge in [0.2, 0.25) is 10.0 Å². The predicted molar refractivity (Wildman–Crippen MR) is 75.0 cm³/mol. The molecule has 1 fully saturated rings. The van der Waals surface area contributed by atoms with Crippen molar-refractivity contribution < 1.29 is 8.42 Å². The SMILES string of the molecule is CCCN(C1CNC1)S(=O)(=O)c1ccc(Br)cc1. The van der Waals surface area contributed by atoms with E-state index in [0.717, 1.165) is 24.0 Å². The fraction of sp³-hybridized carbons (Fsp3) is 0.500. The molecule has 4 nitrogen and oxygen atoms in total. The molecule has 0 spiro atoms. The van der Waals surface area contributed by atoms with Crippen molar-refractivity contribution in [3.8, 4) is 0 Å². The molecule has 1 N–H and O–H groups in total. The molecule has 0 aromatic heterocycles. The third-order valence-corrected chi connectivity index (χ3v) is 5.53. The highest BCUT2D eigenvalue weighted by Crippen LogP contribution is 2.22. The van der Waals surface area contributed by atoms with Gasteiger partial charge in [0, 0.05) is 24.1 Å². The summed E-state index contributed by atoms with van der Waals surface area (Å²) in [5, 5.41) is 3.12. The highest BCUT2D eigenvalue weighted by Gasteiger charge is 2.33. The van der Waals surface area contributed by atoms with Gasteiger partial charge < -0.3 is 5.32 Å². The molecule has 6 heteroatoms. The van der Waals surface area contributed by atoms with Crippen LogP contribution in [0.1, 0.15) is 13.3 Å². The van der Waals surface area contributed by atoms with Crippen LogP contribution < -0.4 is 5.32 Å². The Morgan fingerprint density at radius 3 is 2.39 bits per heavy atom. The third kappa shape index (κ3) is 2.77. The van der Waals surface area contributed by atoms with E-state index in [9.17, 15) is 8.42 Å². The van der Waals surface area contributed by atoms with E-state index in [0.29, 0.717) is 11.4 Å². The van der Waals surface area contributed by atoms with E-state index in [1.807, 2.05) is 6.92 Å². The molecule has 1 aromatic rings. The van der Waals surface area contributed by atoms with Gasteiger partial charge in [0.25, 0.3) is 0 Å². The Labute approximate surface area is 117 Å². The summed E-state index contributed by atoms with van der Waals surface area (Å²) in [6, 6.07) is 6.91. The zero-order valence-corrected chi connectivity index (χ0v) is 12.7. The third-order valence-electron chi connectivity index (χ3n) is 3.03. The zero-order chi connectivity index (χ0) is 13.2. The summed E-state index contributed by atoms with van der Waals surface area (Å²) >= 11 is 3.32. The normalized spacial score (nSPS) is 16.8. The minimum Gasteiger partial charge on any atom is -0.313 e. The fourth-order valence-corrected chi connectivity index (χ4v) is 3.92. The van der Waals surface area contributed by atoms with Gasteiger partial charge in [-0.1, -0.05) is 22.9 Å². The number of benzene rings is 1. The van der Waals surface area contributed by atoms with Crippen molar-refractivity contribution in [2.24, 2.45) is 0 Å². The monoisotopic (exact) mass is 332 g/mol. The lowest BCUT2D eigenvalue weighted by atomic mass is 10.2. The van der Waals surface area contributed by atoms with Gasteiger partial charge >= 0.3 is 0 Å². The van der Waals surface area contributed by atoms with Crippen molar-refractivity contribution in [1.29, 1.82) is 0 Å². The van der Waals surface area contributed by atoms with Crippen LogP contribution in [-0.4, -0.2) is 38.4 Å². The first-order chi connectivity index (χ1) is 8.55. The summed E-state index contributed by atoms with van der Waals surface area (Å²) in [6.07, 6.45) is 0.826. The molecule has 0 atom stereocenters. The van der Waals surface area contributed by atoms with Crippen LogP contribution in [0.2, 0.25) is 0 Å². The number of rotatable bonds is 5. The van der Waals surface area contributed by atoms with Gasteiger partial charge in [-0.25, -0.2) is 8.42 Å². The number of nitrogens with zero attached hydrogens (tertiary/aromatic N) is 1. The molecule has 0 unspecified atom stereocenters. The lowest BCUT2D eigenvalue weighted by molar-refractivity contribution is 0.242. The summed E-state index contributed by atoms with van der Waals surface area (Å²) in [6.45, 7) is 4.06. The largest absolute Gasteiger partial charge is 0.313 e. The van der Waals surface area contributed by atoms with Crippen LogP contribution in [0.4, 0.5) is 0 Å². The van der Waals surface area contributed by atoms with Crippen molar-refractivity contribution in [3.05, 3.63) is 28.7 Å². The standard InChI is InChI=1S/C12H17BrN2O2S/c1-2-7-15(11-8-14-9-11)18(16,17)12-5-3-10(13)4-6-12/h3-6,11,14H,2,7-9H2,1H3. The Hall–Kier alpha value is -0.430. The summed E-state index contributed by atoms with van der Waals surface area (Å²) in [5.41, 5.74) is 0. The maximum Gasteiger partial charge on any atom is 0.243 e. The molecule has 0 bridgehead atoms. The summed E-state index contributed by atoms with van der Waals surface area (Å²) in [4.78, 5) is 0.367. The van der Waals surface area contributed by atoms with Gasteiger partial charge in [-0.15, -0.1) is 0 Å². The van der Waals surface area contributed by atoms with Crippen LogP contribution >= 0.6 is 15.9 Å². The maximum atomic E-state index is 12.6. The molecule has 0 aliphatic carbocycles. The lowest BCUT2D eigenvalue weighted by Gasteiger charge is -2.37. The van der Waals surface area contributed by atoms with Crippen molar-refractivity contribution in [1.82, 2.24) is 9.62 Å². The average molecular weight is 333 g/mol. The second-order valence-electron chi connectivity index (χ2n) is 4.38. The lowest BCUT2D eigenvalue weighted by Crippen LogP contribution is -2.58. The molecule has 1 aromatic carbocycles. The van der Waals surface area contributed by atoms with Crippen molar-refractivity contribution in [3.63, 3.8) is 0 Å². The molecule has 1 heterocycles. The van der Waals surface area contributed by atoms with Gasteiger partial charge in [-0.2, -0.15) is 4.31 Å². The Morgan fingerprint density at radius 2 is 1.94 bits per heavy atom. The summed E-state index contributed by atoms with van der Waals surface area (Å²) < 4.78 is 27.6. The molecule has 100 valence electrons. The average Bonchev–Trinajstić information content (AvgIpc) is 2.26. The minimum atomic E-state index is -3.37.